The Morgan fingerprint density at radius 1 is 1.00 bits per heavy atom. The van der Waals surface area contributed by atoms with Crippen molar-refractivity contribution in [3.05, 3.63) is 59.7 Å². The molecule has 28 heavy (non-hydrogen) atoms. The summed E-state index contributed by atoms with van der Waals surface area (Å²) in [5.74, 6) is -0.935. The minimum absolute atomic E-state index is 0.0278. The normalized spacial score (nSPS) is 11.0. The molecule has 2 amide bonds. The monoisotopic (exact) mass is 392 g/mol. The third-order valence-corrected chi connectivity index (χ3v) is 4.00. The summed E-state index contributed by atoms with van der Waals surface area (Å²) in [6.45, 7) is 2.80. The Morgan fingerprint density at radius 2 is 1.64 bits per heavy atom. The first-order chi connectivity index (χ1) is 13.1. The van der Waals surface area contributed by atoms with Crippen LogP contribution in [-0.2, 0) is 15.8 Å². The number of hydrogen-bond acceptors (Lipinski definition) is 3. The predicted molar refractivity (Wildman–Crippen MR) is 99.2 cm³/mol. The third-order valence-electron chi connectivity index (χ3n) is 4.00. The van der Waals surface area contributed by atoms with E-state index in [-0.39, 0.29) is 30.3 Å². The summed E-state index contributed by atoms with van der Waals surface area (Å²) < 4.78 is 38.2. The molecular formula is C20H19F3N2O3. The Hall–Kier alpha value is -3.16. The molecule has 0 radical (unpaired) electrons. The number of rotatable bonds is 6. The molecule has 0 heterocycles. The molecule has 0 aliphatic carbocycles. The Kier molecular flexibility index (Phi) is 6.56. The molecule has 0 bridgehead atoms. The molecule has 0 saturated carbocycles. The summed E-state index contributed by atoms with van der Waals surface area (Å²) in [4.78, 5) is 36.7. The van der Waals surface area contributed by atoms with Gasteiger partial charge in [0, 0.05) is 36.8 Å². The Balaban J connectivity index is 2.03. The van der Waals surface area contributed by atoms with Gasteiger partial charge in [-0.2, -0.15) is 13.2 Å². The standard InChI is InChI=1S/C20H19F3N2O3/c1-13(26)15-6-8-18(9-7-15)25(14(2)27)11-10-19(28)24-17-5-3-4-16(12-17)20(21,22)23/h3-9,12H,10-11H2,1-2H3,(H,24,28). The molecule has 2 rings (SSSR count). The molecule has 0 atom stereocenters. The summed E-state index contributed by atoms with van der Waals surface area (Å²) in [6, 6.07) is 10.7. The van der Waals surface area contributed by atoms with Crippen LogP contribution in [0.25, 0.3) is 0 Å². The van der Waals surface area contributed by atoms with Gasteiger partial charge in [0.1, 0.15) is 0 Å². The minimum atomic E-state index is -4.50. The number of ketones is 1. The van der Waals surface area contributed by atoms with Gasteiger partial charge < -0.3 is 10.2 Å². The molecular weight excluding hydrogens is 373 g/mol. The van der Waals surface area contributed by atoms with Crippen molar-refractivity contribution in [1.29, 1.82) is 0 Å². The number of amides is 2. The van der Waals surface area contributed by atoms with Gasteiger partial charge in [-0.15, -0.1) is 0 Å². The Bertz CT molecular complexity index is 877. The Morgan fingerprint density at radius 3 is 2.18 bits per heavy atom. The van der Waals surface area contributed by atoms with E-state index in [4.69, 9.17) is 0 Å². The molecule has 2 aromatic rings. The van der Waals surface area contributed by atoms with Crippen LogP contribution in [0.4, 0.5) is 24.5 Å². The van der Waals surface area contributed by atoms with Gasteiger partial charge in [0.15, 0.2) is 5.78 Å². The van der Waals surface area contributed by atoms with Crippen LogP contribution in [0.3, 0.4) is 0 Å². The largest absolute Gasteiger partial charge is 0.416 e. The second-order valence-corrected chi connectivity index (χ2v) is 6.15. The molecule has 0 spiro atoms. The van der Waals surface area contributed by atoms with E-state index >= 15 is 0 Å². The molecule has 148 valence electrons. The number of anilines is 2. The zero-order valence-corrected chi connectivity index (χ0v) is 15.3. The van der Waals surface area contributed by atoms with Crippen molar-refractivity contribution in [1.82, 2.24) is 0 Å². The summed E-state index contributed by atoms with van der Waals surface area (Å²) >= 11 is 0. The van der Waals surface area contributed by atoms with Gasteiger partial charge in [-0.3, -0.25) is 14.4 Å². The molecule has 2 aromatic carbocycles. The lowest BCUT2D eigenvalue weighted by Gasteiger charge is -2.21. The van der Waals surface area contributed by atoms with E-state index in [1.807, 2.05) is 0 Å². The number of carbonyl (C=O) groups excluding carboxylic acids is 3. The molecule has 0 saturated heterocycles. The van der Waals surface area contributed by atoms with Crippen LogP contribution >= 0.6 is 0 Å². The summed E-state index contributed by atoms with van der Waals surface area (Å²) in [7, 11) is 0. The first-order valence-corrected chi connectivity index (χ1v) is 8.44. The summed E-state index contributed by atoms with van der Waals surface area (Å²) in [5, 5.41) is 2.40. The predicted octanol–water partition coefficient (Wildman–Crippen LogP) is 4.29. The molecule has 0 unspecified atom stereocenters. The van der Waals surface area contributed by atoms with Crippen molar-refractivity contribution in [2.45, 2.75) is 26.4 Å². The highest BCUT2D eigenvalue weighted by Crippen LogP contribution is 2.30. The summed E-state index contributed by atoms with van der Waals surface area (Å²) in [6.07, 6.45) is -4.61. The maximum atomic E-state index is 12.7. The number of Topliss-reactive ketones (excluding diaryl/α,β-unsaturated/α-hetero) is 1. The van der Waals surface area contributed by atoms with Crippen molar-refractivity contribution >= 4 is 29.0 Å². The lowest BCUT2D eigenvalue weighted by molar-refractivity contribution is -0.137. The fourth-order valence-electron chi connectivity index (χ4n) is 2.55. The van der Waals surface area contributed by atoms with E-state index < -0.39 is 17.6 Å². The third kappa shape index (κ3) is 5.67. The number of alkyl halides is 3. The molecule has 5 nitrogen and oxygen atoms in total. The van der Waals surface area contributed by atoms with Gasteiger partial charge in [0.05, 0.1) is 5.56 Å². The molecule has 1 N–H and O–H groups in total. The van der Waals surface area contributed by atoms with E-state index in [9.17, 15) is 27.6 Å². The lowest BCUT2D eigenvalue weighted by atomic mass is 10.1. The van der Waals surface area contributed by atoms with Crippen molar-refractivity contribution < 1.29 is 27.6 Å². The number of benzene rings is 2. The van der Waals surface area contributed by atoms with Crippen LogP contribution in [-0.4, -0.2) is 24.1 Å². The highest BCUT2D eigenvalue weighted by molar-refractivity contribution is 5.97. The first-order valence-electron chi connectivity index (χ1n) is 8.44. The highest BCUT2D eigenvalue weighted by atomic mass is 19.4. The quantitative estimate of drug-likeness (QED) is 0.746. The topological polar surface area (TPSA) is 66.5 Å². The van der Waals surface area contributed by atoms with Crippen molar-refractivity contribution in [3.8, 4) is 0 Å². The van der Waals surface area contributed by atoms with Crippen LogP contribution in [0.15, 0.2) is 48.5 Å². The highest BCUT2D eigenvalue weighted by Gasteiger charge is 2.30. The van der Waals surface area contributed by atoms with E-state index in [2.05, 4.69) is 5.32 Å². The number of nitrogens with zero attached hydrogens (tertiary/aromatic N) is 1. The minimum Gasteiger partial charge on any atom is -0.326 e. The molecule has 8 heteroatoms. The number of halogens is 3. The van der Waals surface area contributed by atoms with Gasteiger partial charge in [-0.05, 0) is 49.4 Å². The van der Waals surface area contributed by atoms with Crippen molar-refractivity contribution in [2.75, 3.05) is 16.8 Å². The second kappa shape index (κ2) is 8.69. The summed E-state index contributed by atoms with van der Waals surface area (Å²) in [5.41, 5.74) is 0.181. The molecule has 0 aromatic heterocycles. The number of nitrogens with one attached hydrogen (secondary N) is 1. The van der Waals surface area contributed by atoms with Crippen LogP contribution in [0.1, 0.15) is 36.2 Å². The fraction of sp³-hybridized carbons (Fsp3) is 0.250. The fourth-order valence-corrected chi connectivity index (χ4v) is 2.55. The lowest BCUT2D eigenvalue weighted by Crippen LogP contribution is -2.32. The van der Waals surface area contributed by atoms with Gasteiger partial charge >= 0.3 is 6.18 Å². The van der Waals surface area contributed by atoms with Crippen LogP contribution in [0.2, 0.25) is 0 Å². The van der Waals surface area contributed by atoms with E-state index in [1.54, 1.807) is 24.3 Å². The number of carbonyl (C=O) groups is 3. The molecule has 0 aliphatic rings. The molecule has 0 aliphatic heterocycles. The van der Waals surface area contributed by atoms with Crippen molar-refractivity contribution in [3.63, 3.8) is 0 Å². The maximum Gasteiger partial charge on any atom is 0.416 e. The van der Waals surface area contributed by atoms with Gasteiger partial charge in [0.2, 0.25) is 11.8 Å². The van der Waals surface area contributed by atoms with Crippen LogP contribution in [0.5, 0.6) is 0 Å². The molecule has 0 fully saturated rings. The van der Waals surface area contributed by atoms with Gasteiger partial charge in [-0.1, -0.05) is 6.07 Å². The zero-order chi connectivity index (χ0) is 20.9. The smallest absolute Gasteiger partial charge is 0.326 e. The average molecular weight is 392 g/mol. The first kappa shape index (κ1) is 21.1. The average Bonchev–Trinajstić information content (AvgIpc) is 2.61. The SMILES string of the molecule is CC(=O)c1ccc(N(CCC(=O)Nc2cccc(C(F)(F)F)c2)C(C)=O)cc1. The van der Waals surface area contributed by atoms with Crippen LogP contribution < -0.4 is 10.2 Å². The Labute approximate surface area is 160 Å². The second-order valence-electron chi connectivity index (χ2n) is 6.15. The van der Waals surface area contributed by atoms with E-state index in [1.165, 1.54) is 30.9 Å². The van der Waals surface area contributed by atoms with Gasteiger partial charge in [-0.25, -0.2) is 0 Å². The zero-order valence-electron chi connectivity index (χ0n) is 15.3. The van der Waals surface area contributed by atoms with Crippen LogP contribution in [0, 0.1) is 0 Å². The van der Waals surface area contributed by atoms with E-state index in [0.717, 1.165) is 12.1 Å². The van der Waals surface area contributed by atoms with E-state index in [0.29, 0.717) is 11.3 Å². The number of hydrogen-bond donors (Lipinski definition) is 1. The maximum absolute atomic E-state index is 12.7. The van der Waals surface area contributed by atoms with Crippen molar-refractivity contribution in [2.24, 2.45) is 0 Å². The van der Waals surface area contributed by atoms with Gasteiger partial charge in [0.25, 0.3) is 0 Å².